The molecule has 0 unspecified atom stereocenters. The second kappa shape index (κ2) is 4.42. The maximum Gasteiger partial charge on any atom is 0.306 e. The molecule has 1 rings (SSSR count). The van der Waals surface area contributed by atoms with Gasteiger partial charge in [-0.2, -0.15) is 0 Å². The molecule has 0 saturated heterocycles. The molecule has 74 valence electrons. The molecule has 0 bridgehead atoms. The van der Waals surface area contributed by atoms with Gasteiger partial charge in [0.05, 0.1) is 6.10 Å². The van der Waals surface area contributed by atoms with E-state index < -0.39 is 12.2 Å². The SMILES string of the molecule is C[C@@H]1OC(=O)CC/C=C/[C@H](C)[C@H]1O. The fourth-order valence-electron chi connectivity index (χ4n) is 1.39. The zero-order chi connectivity index (χ0) is 9.84. The summed E-state index contributed by atoms with van der Waals surface area (Å²) in [7, 11) is 0. The third-order valence-corrected chi connectivity index (χ3v) is 2.29. The molecule has 3 heteroatoms. The Morgan fingerprint density at radius 1 is 1.54 bits per heavy atom. The van der Waals surface area contributed by atoms with Crippen LogP contribution in [0, 0.1) is 5.92 Å². The number of allylic oxidation sites excluding steroid dienone is 1. The minimum absolute atomic E-state index is 0.0425. The molecule has 0 amide bonds. The molecular weight excluding hydrogens is 168 g/mol. The predicted molar refractivity (Wildman–Crippen MR) is 49.1 cm³/mol. The van der Waals surface area contributed by atoms with Crippen LogP contribution in [0.2, 0.25) is 0 Å². The van der Waals surface area contributed by atoms with Crippen LogP contribution in [0.3, 0.4) is 0 Å². The van der Waals surface area contributed by atoms with E-state index in [1.807, 2.05) is 19.1 Å². The topological polar surface area (TPSA) is 46.5 Å². The Morgan fingerprint density at radius 2 is 2.23 bits per heavy atom. The Labute approximate surface area is 78.4 Å². The van der Waals surface area contributed by atoms with Gasteiger partial charge < -0.3 is 9.84 Å². The van der Waals surface area contributed by atoms with Crippen molar-refractivity contribution in [2.75, 3.05) is 0 Å². The van der Waals surface area contributed by atoms with Crippen molar-refractivity contribution >= 4 is 5.97 Å². The van der Waals surface area contributed by atoms with Crippen LogP contribution < -0.4 is 0 Å². The largest absolute Gasteiger partial charge is 0.460 e. The van der Waals surface area contributed by atoms with Gasteiger partial charge in [-0.3, -0.25) is 4.79 Å². The summed E-state index contributed by atoms with van der Waals surface area (Å²) in [5, 5.41) is 9.67. The monoisotopic (exact) mass is 184 g/mol. The Hall–Kier alpha value is -0.830. The maximum absolute atomic E-state index is 11.1. The number of ether oxygens (including phenoxy) is 1. The fourth-order valence-corrected chi connectivity index (χ4v) is 1.39. The summed E-state index contributed by atoms with van der Waals surface area (Å²) in [6.07, 6.45) is 3.95. The minimum atomic E-state index is -0.599. The molecule has 3 nitrogen and oxygen atoms in total. The lowest BCUT2D eigenvalue weighted by Gasteiger charge is -2.21. The molecule has 13 heavy (non-hydrogen) atoms. The van der Waals surface area contributed by atoms with Crippen molar-refractivity contribution in [3.05, 3.63) is 12.2 Å². The zero-order valence-electron chi connectivity index (χ0n) is 8.06. The van der Waals surface area contributed by atoms with E-state index in [9.17, 15) is 9.90 Å². The van der Waals surface area contributed by atoms with Crippen molar-refractivity contribution in [3.8, 4) is 0 Å². The van der Waals surface area contributed by atoms with Gasteiger partial charge in [0.15, 0.2) is 0 Å². The van der Waals surface area contributed by atoms with Crippen molar-refractivity contribution in [2.24, 2.45) is 5.92 Å². The van der Waals surface area contributed by atoms with E-state index in [-0.39, 0.29) is 11.9 Å². The summed E-state index contributed by atoms with van der Waals surface area (Å²) in [6, 6.07) is 0. The highest BCUT2D eigenvalue weighted by molar-refractivity contribution is 5.69. The van der Waals surface area contributed by atoms with E-state index in [4.69, 9.17) is 4.74 Å². The predicted octanol–water partition coefficient (Wildman–Crippen LogP) is 1.27. The van der Waals surface area contributed by atoms with Gasteiger partial charge in [-0.05, 0) is 13.3 Å². The molecule has 0 radical (unpaired) electrons. The molecule has 1 heterocycles. The van der Waals surface area contributed by atoms with Crippen molar-refractivity contribution in [1.82, 2.24) is 0 Å². The fraction of sp³-hybridized carbons (Fsp3) is 0.700. The van der Waals surface area contributed by atoms with Gasteiger partial charge in [-0.1, -0.05) is 19.1 Å². The molecule has 0 fully saturated rings. The third-order valence-electron chi connectivity index (χ3n) is 2.29. The van der Waals surface area contributed by atoms with Crippen LogP contribution in [0.4, 0.5) is 0 Å². The Kier molecular flexibility index (Phi) is 3.48. The summed E-state index contributed by atoms with van der Waals surface area (Å²) in [5.74, 6) is -0.189. The molecule has 1 aliphatic rings. The lowest BCUT2D eigenvalue weighted by atomic mass is 10.0. The lowest BCUT2D eigenvalue weighted by molar-refractivity contribution is -0.154. The van der Waals surface area contributed by atoms with Crippen LogP contribution in [0.5, 0.6) is 0 Å². The van der Waals surface area contributed by atoms with Gasteiger partial charge in [0.25, 0.3) is 0 Å². The molecule has 1 aliphatic heterocycles. The number of esters is 1. The van der Waals surface area contributed by atoms with Gasteiger partial charge in [0.2, 0.25) is 0 Å². The third kappa shape index (κ3) is 2.84. The smallest absolute Gasteiger partial charge is 0.306 e. The lowest BCUT2D eigenvalue weighted by Crippen LogP contribution is -2.32. The highest BCUT2D eigenvalue weighted by atomic mass is 16.6. The van der Waals surface area contributed by atoms with E-state index in [1.54, 1.807) is 6.92 Å². The number of aliphatic hydroxyl groups is 1. The first-order valence-electron chi connectivity index (χ1n) is 4.65. The Morgan fingerprint density at radius 3 is 2.92 bits per heavy atom. The van der Waals surface area contributed by atoms with Crippen LogP contribution in [0.25, 0.3) is 0 Å². The molecule has 0 aromatic rings. The van der Waals surface area contributed by atoms with E-state index in [2.05, 4.69) is 0 Å². The first-order valence-corrected chi connectivity index (χ1v) is 4.65. The molecule has 1 N–H and O–H groups in total. The van der Waals surface area contributed by atoms with Gasteiger partial charge >= 0.3 is 5.97 Å². The number of carbonyl (C=O) groups is 1. The maximum atomic E-state index is 11.1. The van der Waals surface area contributed by atoms with Gasteiger partial charge in [-0.15, -0.1) is 0 Å². The first-order chi connectivity index (χ1) is 6.11. The molecule has 0 aromatic carbocycles. The number of carbonyl (C=O) groups excluding carboxylic acids is 1. The van der Waals surface area contributed by atoms with E-state index in [0.717, 1.165) is 0 Å². The summed E-state index contributed by atoms with van der Waals surface area (Å²) >= 11 is 0. The number of aliphatic hydroxyl groups excluding tert-OH is 1. The highest BCUT2D eigenvalue weighted by Gasteiger charge is 2.23. The number of hydrogen-bond acceptors (Lipinski definition) is 3. The minimum Gasteiger partial charge on any atom is -0.460 e. The summed E-state index contributed by atoms with van der Waals surface area (Å²) in [4.78, 5) is 11.1. The average Bonchev–Trinajstić information content (AvgIpc) is 2.13. The Bertz CT molecular complexity index is 210. The molecule has 0 aromatic heterocycles. The van der Waals surface area contributed by atoms with Crippen LogP contribution in [0.1, 0.15) is 26.7 Å². The number of cyclic esters (lactones) is 1. The average molecular weight is 184 g/mol. The summed E-state index contributed by atoms with van der Waals surface area (Å²) in [5.41, 5.74) is 0. The van der Waals surface area contributed by atoms with Crippen molar-refractivity contribution in [3.63, 3.8) is 0 Å². The van der Waals surface area contributed by atoms with Crippen molar-refractivity contribution < 1.29 is 14.6 Å². The van der Waals surface area contributed by atoms with Crippen LogP contribution in [-0.4, -0.2) is 23.3 Å². The second-order valence-corrected chi connectivity index (χ2v) is 3.51. The molecule has 0 saturated carbocycles. The first kappa shape index (κ1) is 10.3. The zero-order valence-corrected chi connectivity index (χ0v) is 8.06. The van der Waals surface area contributed by atoms with E-state index in [0.29, 0.717) is 12.8 Å². The second-order valence-electron chi connectivity index (χ2n) is 3.51. The normalized spacial score (nSPS) is 38.4. The quantitative estimate of drug-likeness (QED) is 0.455. The molecule has 3 atom stereocenters. The summed E-state index contributed by atoms with van der Waals surface area (Å²) < 4.78 is 5.02. The van der Waals surface area contributed by atoms with Crippen LogP contribution in [-0.2, 0) is 9.53 Å². The van der Waals surface area contributed by atoms with Crippen molar-refractivity contribution in [1.29, 1.82) is 0 Å². The Balaban J connectivity index is 2.68. The van der Waals surface area contributed by atoms with E-state index in [1.165, 1.54) is 0 Å². The van der Waals surface area contributed by atoms with Gasteiger partial charge in [0, 0.05) is 12.3 Å². The standard InChI is InChI=1S/C10H16O3/c1-7-5-3-4-6-9(11)13-8(2)10(7)12/h3,5,7-8,10,12H,4,6H2,1-2H3/b5-3+/t7-,8-,10+/m0/s1. The summed E-state index contributed by atoms with van der Waals surface area (Å²) in [6.45, 7) is 3.63. The number of hydrogen-bond donors (Lipinski definition) is 1. The number of rotatable bonds is 0. The molecule has 0 spiro atoms. The van der Waals surface area contributed by atoms with Crippen LogP contribution in [0.15, 0.2) is 12.2 Å². The highest BCUT2D eigenvalue weighted by Crippen LogP contribution is 2.15. The molecular formula is C10H16O3. The van der Waals surface area contributed by atoms with Crippen LogP contribution >= 0.6 is 0 Å². The van der Waals surface area contributed by atoms with E-state index >= 15 is 0 Å². The van der Waals surface area contributed by atoms with Gasteiger partial charge in [0.1, 0.15) is 6.10 Å². The molecule has 0 aliphatic carbocycles. The van der Waals surface area contributed by atoms with Gasteiger partial charge in [-0.25, -0.2) is 0 Å². The van der Waals surface area contributed by atoms with Crippen molar-refractivity contribution in [2.45, 2.75) is 38.9 Å².